The molecule has 1 aliphatic rings. The smallest absolute Gasteiger partial charge is 0.295 e. The average molecular weight is 315 g/mol. The largest absolute Gasteiger partial charge is 0.339 e. The van der Waals surface area contributed by atoms with Gasteiger partial charge in [0.1, 0.15) is 18.3 Å². The highest BCUT2D eigenvalue weighted by Crippen LogP contribution is 2.24. The Morgan fingerprint density at radius 2 is 1.91 bits per heavy atom. The minimum Gasteiger partial charge on any atom is -0.339 e. The van der Waals surface area contributed by atoms with Gasteiger partial charge in [-0.25, -0.2) is 9.67 Å². The number of amides is 1. The van der Waals surface area contributed by atoms with Crippen LogP contribution >= 0.6 is 0 Å². The molecule has 0 saturated carbocycles. The number of benzene rings is 1. The fourth-order valence-corrected chi connectivity index (χ4v) is 2.79. The molecule has 3 rings (SSSR count). The molecule has 0 N–H and O–H groups in total. The van der Waals surface area contributed by atoms with Crippen molar-refractivity contribution in [2.24, 2.45) is 0 Å². The summed E-state index contributed by atoms with van der Waals surface area (Å²) in [4.78, 5) is 29.0. The summed E-state index contributed by atoms with van der Waals surface area (Å²) in [5, 5.41) is 15.3. The lowest BCUT2D eigenvalue weighted by molar-refractivity contribution is -0.384. The van der Waals surface area contributed by atoms with E-state index in [2.05, 4.69) is 10.1 Å². The topological polar surface area (TPSA) is 94.2 Å². The summed E-state index contributed by atoms with van der Waals surface area (Å²) in [6.07, 6.45) is 6.89. The quantitative estimate of drug-likeness (QED) is 0.639. The number of aromatic nitrogens is 3. The molecule has 8 nitrogen and oxygen atoms in total. The number of carbonyl (C=O) groups is 1. The monoisotopic (exact) mass is 315 g/mol. The molecule has 23 heavy (non-hydrogen) atoms. The third-order valence-electron chi connectivity index (χ3n) is 3.98. The maximum Gasteiger partial charge on any atom is 0.295 e. The first-order valence-electron chi connectivity index (χ1n) is 7.59. The Kier molecular flexibility index (Phi) is 4.31. The van der Waals surface area contributed by atoms with Gasteiger partial charge in [0.2, 0.25) is 0 Å². The van der Waals surface area contributed by atoms with E-state index in [1.807, 2.05) is 0 Å². The molecule has 1 fully saturated rings. The molecule has 2 heterocycles. The van der Waals surface area contributed by atoms with Gasteiger partial charge in [0.05, 0.1) is 4.92 Å². The van der Waals surface area contributed by atoms with Gasteiger partial charge in [0.15, 0.2) is 0 Å². The summed E-state index contributed by atoms with van der Waals surface area (Å²) >= 11 is 0. The molecule has 1 saturated heterocycles. The second-order valence-corrected chi connectivity index (χ2v) is 5.51. The van der Waals surface area contributed by atoms with Gasteiger partial charge in [0.25, 0.3) is 11.6 Å². The molecule has 0 radical (unpaired) electrons. The molecule has 0 unspecified atom stereocenters. The summed E-state index contributed by atoms with van der Waals surface area (Å²) < 4.78 is 1.32. The van der Waals surface area contributed by atoms with Crippen molar-refractivity contribution in [3.8, 4) is 5.69 Å². The molecule has 8 heteroatoms. The Hall–Kier alpha value is -2.77. The van der Waals surface area contributed by atoms with Gasteiger partial charge in [-0.3, -0.25) is 14.9 Å². The normalized spacial score (nSPS) is 15.2. The fraction of sp³-hybridized carbons (Fsp3) is 0.400. The minimum absolute atomic E-state index is 0.153. The van der Waals surface area contributed by atoms with Crippen molar-refractivity contribution in [3.05, 3.63) is 46.5 Å². The van der Waals surface area contributed by atoms with Crippen LogP contribution in [0.2, 0.25) is 0 Å². The van der Waals surface area contributed by atoms with Crippen LogP contribution in [0.3, 0.4) is 0 Å². The first-order valence-corrected chi connectivity index (χ1v) is 7.59. The van der Waals surface area contributed by atoms with E-state index in [-0.39, 0.29) is 11.6 Å². The highest BCUT2D eigenvalue weighted by atomic mass is 16.6. The van der Waals surface area contributed by atoms with Gasteiger partial charge in [0, 0.05) is 24.7 Å². The Labute approximate surface area is 132 Å². The molecule has 0 atom stereocenters. The highest BCUT2D eigenvalue weighted by Gasteiger charge is 2.22. The lowest BCUT2D eigenvalue weighted by Gasteiger charge is -2.20. The Morgan fingerprint density at radius 3 is 2.52 bits per heavy atom. The van der Waals surface area contributed by atoms with Crippen molar-refractivity contribution in [2.45, 2.75) is 25.7 Å². The SMILES string of the molecule is O=C(c1ccc(-n2cncn2)c([N+](=O)[O-])c1)N1CCCCCC1. The lowest BCUT2D eigenvalue weighted by Crippen LogP contribution is -2.31. The second-order valence-electron chi connectivity index (χ2n) is 5.51. The van der Waals surface area contributed by atoms with Crippen LogP contribution in [-0.4, -0.2) is 43.6 Å². The minimum atomic E-state index is -0.504. The van der Waals surface area contributed by atoms with Crippen molar-refractivity contribution < 1.29 is 9.72 Å². The third-order valence-corrected chi connectivity index (χ3v) is 3.98. The van der Waals surface area contributed by atoms with E-state index in [9.17, 15) is 14.9 Å². The van der Waals surface area contributed by atoms with Crippen molar-refractivity contribution in [1.82, 2.24) is 19.7 Å². The zero-order valence-corrected chi connectivity index (χ0v) is 12.6. The van der Waals surface area contributed by atoms with Gasteiger partial charge in [-0.05, 0) is 25.0 Å². The van der Waals surface area contributed by atoms with Crippen LogP contribution in [0.5, 0.6) is 0 Å². The van der Waals surface area contributed by atoms with E-state index in [0.29, 0.717) is 24.3 Å². The van der Waals surface area contributed by atoms with E-state index in [1.54, 1.807) is 11.0 Å². The van der Waals surface area contributed by atoms with Crippen LogP contribution < -0.4 is 0 Å². The summed E-state index contributed by atoms with van der Waals surface area (Å²) in [6.45, 7) is 1.41. The molecule has 1 aromatic heterocycles. The number of rotatable bonds is 3. The Balaban J connectivity index is 1.93. The van der Waals surface area contributed by atoms with E-state index < -0.39 is 4.92 Å². The molecular weight excluding hydrogens is 298 g/mol. The number of hydrogen-bond acceptors (Lipinski definition) is 5. The summed E-state index contributed by atoms with van der Waals surface area (Å²) in [5.74, 6) is -0.153. The Morgan fingerprint density at radius 1 is 1.17 bits per heavy atom. The van der Waals surface area contributed by atoms with Crippen LogP contribution in [0, 0.1) is 10.1 Å². The number of nitro groups is 1. The van der Waals surface area contributed by atoms with E-state index >= 15 is 0 Å². The molecule has 0 bridgehead atoms. The van der Waals surface area contributed by atoms with Crippen molar-refractivity contribution in [3.63, 3.8) is 0 Å². The molecule has 1 amide bonds. The first kappa shape index (κ1) is 15.1. The fourth-order valence-electron chi connectivity index (χ4n) is 2.79. The molecule has 0 spiro atoms. The first-order chi connectivity index (χ1) is 11.2. The van der Waals surface area contributed by atoms with Gasteiger partial charge >= 0.3 is 0 Å². The van der Waals surface area contributed by atoms with Crippen molar-refractivity contribution in [2.75, 3.05) is 13.1 Å². The molecule has 2 aromatic rings. The maximum atomic E-state index is 12.6. The number of nitro benzene ring substituents is 1. The number of likely N-dealkylation sites (tertiary alicyclic amines) is 1. The van der Waals surface area contributed by atoms with E-state index in [1.165, 1.54) is 29.5 Å². The average Bonchev–Trinajstić information content (AvgIpc) is 2.96. The van der Waals surface area contributed by atoms with Crippen LogP contribution in [0.15, 0.2) is 30.9 Å². The van der Waals surface area contributed by atoms with Gasteiger partial charge < -0.3 is 4.90 Å². The van der Waals surface area contributed by atoms with E-state index in [4.69, 9.17) is 0 Å². The highest BCUT2D eigenvalue weighted by molar-refractivity contribution is 5.95. The van der Waals surface area contributed by atoms with E-state index in [0.717, 1.165) is 25.7 Å². The number of hydrogen-bond donors (Lipinski definition) is 0. The number of nitrogens with zero attached hydrogens (tertiary/aromatic N) is 5. The van der Waals surface area contributed by atoms with Crippen LogP contribution in [0.25, 0.3) is 5.69 Å². The second kappa shape index (κ2) is 6.55. The molecule has 120 valence electrons. The molecular formula is C15H17N5O3. The summed E-state index contributed by atoms with van der Waals surface area (Å²) in [7, 11) is 0. The van der Waals surface area contributed by atoms with Crippen molar-refractivity contribution >= 4 is 11.6 Å². The molecule has 1 aromatic carbocycles. The predicted octanol–water partition coefficient (Wildman–Crippen LogP) is 2.19. The van der Waals surface area contributed by atoms with Gasteiger partial charge in [-0.15, -0.1) is 0 Å². The van der Waals surface area contributed by atoms with Gasteiger partial charge in [-0.2, -0.15) is 5.10 Å². The number of carbonyl (C=O) groups excluding carboxylic acids is 1. The maximum absolute atomic E-state index is 12.6. The van der Waals surface area contributed by atoms with Crippen LogP contribution in [0.1, 0.15) is 36.0 Å². The molecule has 0 aliphatic carbocycles. The summed E-state index contributed by atoms with van der Waals surface area (Å²) in [5.41, 5.74) is 0.471. The zero-order valence-electron chi connectivity index (χ0n) is 12.6. The van der Waals surface area contributed by atoms with Crippen molar-refractivity contribution in [1.29, 1.82) is 0 Å². The third kappa shape index (κ3) is 3.20. The lowest BCUT2D eigenvalue weighted by atomic mass is 10.1. The predicted molar refractivity (Wildman–Crippen MR) is 82.4 cm³/mol. The summed E-state index contributed by atoms with van der Waals surface area (Å²) in [6, 6.07) is 4.47. The standard InChI is InChI=1S/C15H17N5O3/c21-15(18-7-3-1-2-4-8-18)12-5-6-13(14(9-12)20(22)23)19-11-16-10-17-19/h5-6,9-11H,1-4,7-8H2. The van der Waals surface area contributed by atoms with Crippen LogP contribution in [0.4, 0.5) is 5.69 Å². The zero-order chi connectivity index (χ0) is 16.2. The molecule has 1 aliphatic heterocycles. The van der Waals surface area contributed by atoms with Gasteiger partial charge in [-0.1, -0.05) is 12.8 Å². The Bertz CT molecular complexity index is 706. The van der Waals surface area contributed by atoms with Crippen LogP contribution in [-0.2, 0) is 0 Å².